The van der Waals surface area contributed by atoms with Gasteiger partial charge in [-0.25, -0.2) is 8.42 Å². The molecule has 1 aliphatic heterocycles. The minimum absolute atomic E-state index is 0.0485. The summed E-state index contributed by atoms with van der Waals surface area (Å²) in [5, 5.41) is 0. The summed E-state index contributed by atoms with van der Waals surface area (Å²) in [7, 11) is -2.88. The third-order valence-electron chi connectivity index (χ3n) is 2.81. The summed E-state index contributed by atoms with van der Waals surface area (Å²) in [5.41, 5.74) is 0. The Hall–Kier alpha value is -0.420. The molecule has 0 aromatic carbocycles. The highest BCUT2D eigenvalue weighted by atomic mass is 32.2. The molecule has 0 aromatic heterocycles. The lowest BCUT2D eigenvalue weighted by molar-refractivity contribution is -0.122. The van der Waals surface area contributed by atoms with E-state index in [1.807, 2.05) is 18.7 Å². The third kappa shape index (κ3) is 2.54. The highest BCUT2D eigenvalue weighted by molar-refractivity contribution is 7.91. The van der Waals surface area contributed by atoms with Crippen molar-refractivity contribution < 1.29 is 13.2 Å². The first-order valence-electron chi connectivity index (χ1n) is 4.80. The highest BCUT2D eigenvalue weighted by Crippen LogP contribution is 2.14. The summed E-state index contributed by atoms with van der Waals surface area (Å²) in [5.74, 6) is 0.440. The van der Waals surface area contributed by atoms with Crippen molar-refractivity contribution in [2.75, 3.05) is 18.1 Å². The van der Waals surface area contributed by atoms with Crippen molar-refractivity contribution in [1.82, 2.24) is 4.90 Å². The molecule has 1 fully saturated rings. The highest BCUT2D eigenvalue weighted by Gasteiger charge is 2.32. The number of carbonyl (C=O) groups is 1. The van der Waals surface area contributed by atoms with E-state index in [1.165, 1.54) is 0 Å². The SMILES string of the molecule is CC(=O)C(C)N1CCS(=O)(=O)CC1C. The van der Waals surface area contributed by atoms with Gasteiger partial charge in [-0.15, -0.1) is 0 Å². The molecule has 2 atom stereocenters. The van der Waals surface area contributed by atoms with Crippen molar-refractivity contribution in [2.24, 2.45) is 0 Å². The summed E-state index contributed by atoms with van der Waals surface area (Å²) in [6, 6.07) is -0.215. The lowest BCUT2D eigenvalue weighted by Gasteiger charge is -2.36. The third-order valence-corrected chi connectivity index (χ3v) is 4.60. The van der Waals surface area contributed by atoms with Gasteiger partial charge in [0, 0.05) is 12.6 Å². The van der Waals surface area contributed by atoms with Crippen LogP contribution in [0, 0.1) is 0 Å². The molecule has 4 nitrogen and oxygen atoms in total. The summed E-state index contributed by atoms with van der Waals surface area (Å²) in [4.78, 5) is 13.1. The number of sulfone groups is 1. The van der Waals surface area contributed by atoms with Gasteiger partial charge in [0.1, 0.15) is 5.78 Å². The van der Waals surface area contributed by atoms with Crippen molar-refractivity contribution >= 4 is 15.6 Å². The zero-order valence-corrected chi connectivity index (χ0v) is 9.67. The molecule has 1 saturated heterocycles. The monoisotopic (exact) mass is 219 g/mol. The molecule has 0 spiro atoms. The average Bonchev–Trinajstić information content (AvgIpc) is 2.01. The maximum Gasteiger partial charge on any atom is 0.153 e. The van der Waals surface area contributed by atoms with Gasteiger partial charge in [-0.2, -0.15) is 0 Å². The molecular weight excluding hydrogens is 202 g/mol. The Bertz CT molecular complexity index is 323. The van der Waals surface area contributed by atoms with E-state index in [0.29, 0.717) is 6.54 Å². The molecule has 0 radical (unpaired) electrons. The maximum atomic E-state index is 11.3. The summed E-state index contributed by atoms with van der Waals surface area (Å²) in [6.45, 7) is 5.71. The zero-order chi connectivity index (χ0) is 10.9. The second-order valence-corrected chi connectivity index (χ2v) is 6.22. The predicted octanol–water partition coefficient (Wildman–Crippen LogP) is 0.0828. The Morgan fingerprint density at radius 1 is 1.50 bits per heavy atom. The van der Waals surface area contributed by atoms with Crippen LogP contribution in [0.3, 0.4) is 0 Å². The molecule has 0 aromatic rings. The van der Waals surface area contributed by atoms with Gasteiger partial charge in [0.2, 0.25) is 0 Å². The molecule has 0 N–H and O–H groups in total. The van der Waals surface area contributed by atoms with Crippen molar-refractivity contribution in [3.05, 3.63) is 0 Å². The van der Waals surface area contributed by atoms with E-state index in [2.05, 4.69) is 0 Å². The largest absolute Gasteiger partial charge is 0.298 e. The van der Waals surface area contributed by atoms with Crippen LogP contribution in [0.15, 0.2) is 0 Å². The normalized spacial score (nSPS) is 29.8. The second kappa shape index (κ2) is 3.98. The van der Waals surface area contributed by atoms with Gasteiger partial charge in [-0.1, -0.05) is 0 Å². The minimum atomic E-state index is -2.88. The molecule has 5 heteroatoms. The van der Waals surface area contributed by atoms with Crippen LogP contribution in [-0.4, -0.2) is 49.2 Å². The van der Waals surface area contributed by atoms with Gasteiger partial charge in [-0.3, -0.25) is 9.69 Å². The van der Waals surface area contributed by atoms with E-state index in [-0.39, 0.29) is 29.4 Å². The van der Waals surface area contributed by atoms with Crippen LogP contribution in [0.5, 0.6) is 0 Å². The number of ketones is 1. The number of carbonyl (C=O) groups excluding carboxylic acids is 1. The van der Waals surface area contributed by atoms with Gasteiger partial charge < -0.3 is 0 Å². The Morgan fingerprint density at radius 3 is 2.50 bits per heavy atom. The van der Waals surface area contributed by atoms with Crippen molar-refractivity contribution in [3.8, 4) is 0 Å². The van der Waals surface area contributed by atoms with Crippen molar-refractivity contribution in [1.29, 1.82) is 0 Å². The number of nitrogens with zero attached hydrogens (tertiary/aromatic N) is 1. The van der Waals surface area contributed by atoms with Crippen LogP contribution in [0.25, 0.3) is 0 Å². The number of hydrogen-bond donors (Lipinski definition) is 0. The van der Waals surface area contributed by atoms with E-state index in [9.17, 15) is 13.2 Å². The fourth-order valence-corrected chi connectivity index (χ4v) is 3.40. The van der Waals surface area contributed by atoms with Crippen molar-refractivity contribution in [3.63, 3.8) is 0 Å². The zero-order valence-electron chi connectivity index (χ0n) is 8.86. The predicted molar refractivity (Wildman–Crippen MR) is 55.0 cm³/mol. The smallest absolute Gasteiger partial charge is 0.153 e. The molecule has 0 saturated carbocycles. The number of Topliss-reactive ketones (excluding diaryl/α,β-unsaturated/α-hetero) is 1. The van der Waals surface area contributed by atoms with E-state index in [0.717, 1.165) is 0 Å². The topological polar surface area (TPSA) is 54.5 Å². The molecule has 1 aliphatic rings. The Balaban J connectivity index is 2.72. The minimum Gasteiger partial charge on any atom is -0.298 e. The molecule has 0 bridgehead atoms. The van der Waals surface area contributed by atoms with Crippen LogP contribution < -0.4 is 0 Å². The molecule has 2 unspecified atom stereocenters. The van der Waals surface area contributed by atoms with Crippen LogP contribution in [0.4, 0.5) is 0 Å². The van der Waals surface area contributed by atoms with Crippen molar-refractivity contribution in [2.45, 2.75) is 32.9 Å². The molecule has 0 amide bonds. The van der Waals surface area contributed by atoms with E-state index < -0.39 is 9.84 Å². The lowest BCUT2D eigenvalue weighted by Crippen LogP contribution is -2.52. The number of rotatable bonds is 2. The Labute approximate surface area is 85.2 Å². The average molecular weight is 219 g/mol. The van der Waals surface area contributed by atoms with E-state index >= 15 is 0 Å². The summed E-state index contributed by atoms with van der Waals surface area (Å²) < 4.78 is 22.6. The van der Waals surface area contributed by atoms with Gasteiger partial charge in [0.25, 0.3) is 0 Å². The fourth-order valence-electron chi connectivity index (χ4n) is 1.82. The summed E-state index contributed by atoms with van der Waals surface area (Å²) in [6.07, 6.45) is 0. The van der Waals surface area contributed by atoms with E-state index in [4.69, 9.17) is 0 Å². The molecular formula is C9H17NO3S. The lowest BCUT2D eigenvalue weighted by atomic mass is 10.1. The molecule has 82 valence electrons. The van der Waals surface area contributed by atoms with Gasteiger partial charge in [0.05, 0.1) is 17.5 Å². The van der Waals surface area contributed by atoms with Gasteiger partial charge in [0.15, 0.2) is 9.84 Å². The van der Waals surface area contributed by atoms with Gasteiger partial charge in [-0.05, 0) is 20.8 Å². The molecule has 14 heavy (non-hydrogen) atoms. The summed E-state index contributed by atoms with van der Waals surface area (Å²) >= 11 is 0. The van der Waals surface area contributed by atoms with Crippen LogP contribution in [0.2, 0.25) is 0 Å². The molecule has 1 heterocycles. The molecule has 1 rings (SSSR count). The maximum absolute atomic E-state index is 11.3. The van der Waals surface area contributed by atoms with Crippen LogP contribution in [0.1, 0.15) is 20.8 Å². The van der Waals surface area contributed by atoms with Gasteiger partial charge >= 0.3 is 0 Å². The number of hydrogen-bond acceptors (Lipinski definition) is 4. The molecule has 0 aliphatic carbocycles. The fraction of sp³-hybridized carbons (Fsp3) is 0.889. The first-order chi connectivity index (χ1) is 6.33. The Kier molecular flexibility index (Phi) is 3.32. The van der Waals surface area contributed by atoms with Crippen LogP contribution >= 0.6 is 0 Å². The standard InChI is InChI=1S/C9H17NO3S/c1-7-6-14(12,13)5-4-10(7)8(2)9(3)11/h7-8H,4-6H2,1-3H3. The van der Waals surface area contributed by atoms with Crippen LogP contribution in [-0.2, 0) is 14.6 Å². The Morgan fingerprint density at radius 2 is 2.07 bits per heavy atom. The first-order valence-corrected chi connectivity index (χ1v) is 6.62. The second-order valence-electron chi connectivity index (χ2n) is 3.99. The first kappa shape index (κ1) is 11.7. The quantitative estimate of drug-likeness (QED) is 0.660. The van der Waals surface area contributed by atoms with E-state index in [1.54, 1.807) is 6.92 Å².